The summed E-state index contributed by atoms with van der Waals surface area (Å²) in [6, 6.07) is 0. The van der Waals surface area contributed by atoms with E-state index in [1.165, 1.54) is 37.7 Å². The average Bonchev–Trinajstić information content (AvgIpc) is 3.47. The Bertz CT molecular complexity index is 1390. The summed E-state index contributed by atoms with van der Waals surface area (Å²) in [5, 5.41) is 85.6. The highest BCUT2D eigenvalue weighted by atomic mass is 16.8. The molecule has 0 aromatic carbocycles. The van der Waals surface area contributed by atoms with Crippen LogP contribution in [-0.2, 0) is 18.9 Å². The Morgan fingerprint density at radius 3 is 1.93 bits per heavy atom. The van der Waals surface area contributed by atoms with Crippen LogP contribution in [-0.4, -0.2) is 128 Å². The highest BCUT2D eigenvalue weighted by molar-refractivity contribution is 5.21. The van der Waals surface area contributed by atoms with Crippen molar-refractivity contribution >= 4 is 0 Å². The van der Waals surface area contributed by atoms with Gasteiger partial charge in [0, 0.05) is 0 Å². The first kappa shape index (κ1) is 41.4. The number of fused-ring (bicyclic) bond motifs is 7. The molecule has 12 heteroatoms. The normalized spacial score (nSPS) is 57.0. The second kappa shape index (κ2) is 14.2. The van der Waals surface area contributed by atoms with Crippen LogP contribution in [0.5, 0.6) is 0 Å². The van der Waals surface area contributed by atoms with Gasteiger partial charge in [0.25, 0.3) is 0 Å². The fourth-order valence-electron chi connectivity index (χ4n) is 14.7. The summed E-state index contributed by atoms with van der Waals surface area (Å²) in [5.41, 5.74) is 1.22. The van der Waals surface area contributed by atoms with Crippen molar-refractivity contribution < 1.29 is 59.8 Å². The van der Waals surface area contributed by atoms with E-state index in [0.29, 0.717) is 35.5 Å². The van der Waals surface area contributed by atoms with E-state index < -0.39 is 92.2 Å². The Morgan fingerprint density at radius 1 is 0.667 bits per heavy atom. The van der Waals surface area contributed by atoms with Gasteiger partial charge in [-0.25, -0.2) is 0 Å². The smallest absolute Gasteiger partial charge is 0.187 e. The quantitative estimate of drug-likeness (QED) is 0.140. The van der Waals surface area contributed by atoms with E-state index in [1.807, 2.05) is 0 Å². The molecule has 0 aromatic rings. The molecule has 310 valence electrons. The van der Waals surface area contributed by atoms with Gasteiger partial charge in [0.05, 0.1) is 25.4 Å². The average molecular weight is 767 g/mol. The maximum atomic E-state index is 12.2. The molecule has 5 saturated carbocycles. The number of hydrogen-bond acceptors (Lipinski definition) is 12. The van der Waals surface area contributed by atoms with Crippen molar-refractivity contribution in [2.75, 3.05) is 13.2 Å². The molecule has 0 radical (unpaired) electrons. The van der Waals surface area contributed by atoms with Gasteiger partial charge in [-0.1, -0.05) is 53.7 Å². The van der Waals surface area contributed by atoms with E-state index in [9.17, 15) is 40.9 Å². The first-order valence-corrected chi connectivity index (χ1v) is 20.8. The van der Waals surface area contributed by atoms with Crippen LogP contribution < -0.4 is 0 Å². The Labute approximate surface area is 321 Å². The Balaban J connectivity index is 1.15. The van der Waals surface area contributed by atoms with Crippen LogP contribution in [0.3, 0.4) is 0 Å². The van der Waals surface area contributed by atoms with Crippen LogP contribution in [0.15, 0.2) is 12.2 Å². The molecule has 7 fully saturated rings. The fraction of sp³-hybridized carbons (Fsp3) is 0.952. The zero-order valence-corrected chi connectivity index (χ0v) is 33.5. The highest BCUT2D eigenvalue weighted by Crippen LogP contribution is 2.77. The molecule has 5 aliphatic carbocycles. The van der Waals surface area contributed by atoms with Crippen molar-refractivity contribution in [3.63, 3.8) is 0 Å². The molecular weight excluding hydrogens is 696 g/mol. The molecule has 12 nitrogen and oxygen atoms in total. The van der Waals surface area contributed by atoms with Crippen molar-refractivity contribution in [2.45, 2.75) is 180 Å². The zero-order chi connectivity index (χ0) is 39.5. The zero-order valence-electron chi connectivity index (χ0n) is 33.5. The summed E-state index contributed by atoms with van der Waals surface area (Å²) in [4.78, 5) is 0. The van der Waals surface area contributed by atoms with E-state index in [-0.39, 0.29) is 22.2 Å². The minimum Gasteiger partial charge on any atom is -0.394 e. The van der Waals surface area contributed by atoms with Crippen molar-refractivity contribution in [1.29, 1.82) is 0 Å². The van der Waals surface area contributed by atoms with Crippen molar-refractivity contribution in [3.05, 3.63) is 12.2 Å². The lowest BCUT2D eigenvalue weighted by Gasteiger charge is -2.73. The number of aliphatic hydroxyl groups is 8. The van der Waals surface area contributed by atoms with Crippen LogP contribution >= 0.6 is 0 Å². The predicted octanol–water partition coefficient (Wildman–Crippen LogP) is 2.64. The summed E-state index contributed by atoms with van der Waals surface area (Å²) in [6.07, 6.45) is -7.27. The number of aliphatic hydroxyl groups excluding tert-OH is 8. The molecule has 54 heavy (non-hydrogen) atoms. The van der Waals surface area contributed by atoms with E-state index in [1.54, 1.807) is 0 Å². The lowest BCUT2D eigenvalue weighted by Crippen LogP contribution is -2.69. The molecule has 8 N–H and O–H groups in total. The SMILES string of the molecule is C=C(C)C1CCC2(C)CCC3(C)C(CCC4C5(C)CC(O)C(OC6OC(CO)C(O)C(O)C6OC6OC(CO)C(O)C(O)C6O)C(C)(C)C5CCC43C)C12. The van der Waals surface area contributed by atoms with Crippen LogP contribution in [0.25, 0.3) is 0 Å². The fourth-order valence-corrected chi connectivity index (χ4v) is 14.7. The van der Waals surface area contributed by atoms with E-state index in [4.69, 9.17) is 18.9 Å². The minimum atomic E-state index is -1.77. The number of ether oxygens (including phenoxy) is 4. The van der Waals surface area contributed by atoms with Crippen LogP contribution in [0.2, 0.25) is 0 Å². The van der Waals surface area contributed by atoms with E-state index in [0.717, 1.165) is 19.3 Å². The van der Waals surface area contributed by atoms with Crippen LogP contribution in [0.4, 0.5) is 0 Å². The molecule has 2 heterocycles. The van der Waals surface area contributed by atoms with E-state index >= 15 is 0 Å². The topological polar surface area (TPSA) is 199 Å². The Morgan fingerprint density at radius 2 is 1.30 bits per heavy atom. The van der Waals surface area contributed by atoms with Crippen LogP contribution in [0, 0.1) is 56.7 Å². The third kappa shape index (κ3) is 5.97. The van der Waals surface area contributed by atoms with Gasteiger partial charge >= 0.3 is 0 Å². The standard InChI is InChI=1S/C42H70O12/c1-20(2)21-11-13-39(5)15-16-41(7)22(28(21)39)9-10-27-40(6)17-23(45)35(38(3,4)26(40)12-14-42(27,41)8)54-37-34(32(49)30(47)25(19-44)52-37)53-36-33(50)31(48)29(46)24(18-43)51-36/h21-37,43-50H,1,9-19H2,2-8H3. The molecule has 7 rings (SSSR count). The van der Waals surface area contributed by atoms with Crippen molar-refractivity contribution in [1.82, 2.24) is 0 Å². The minimum absolute atomic E-state index is 0.0968. The third-order valence-electron chi connectivity index (χ3n) is 17.6. The number of allylic oxidation sites excluding steroid dienone is 1. The van der Waals surface area contributed by atoms with Crippen LogP contribution in [0.1, 0.15) is 106 Å². The second-order valence-electron chi connectivity index (χ2n) is 20.5. The van der Waals surface area contributed by atoms with Gasteiger partial charge in [-0.15, -0.1) is 0 Å². The predicted molar refractivity (Wildman–Crippen MR) is 197 cm³/mol. The van der Waals surface area contributed by atoms with Gasteiger partial charge in [0.1, 0.15) is 48.8 Å². The van der Waals surface area contributed by atoms with Gasteiger partial charge in [-0.05, 0) is 121 Å². The second-order valence-corrected chi connectivity index (χ2v) is 20.5. The van der Waals surface area contributed by atoms with Gasteiger partial charge in [-0.2, -0.15) is 0 Å². The molecule has 2 saturated heterocycles. The van der Waals surface area contributed by atoms with E-state index in [2.05, 4.69) is 55.0 Å². The molecule has 0 aromatic heterocycles. The summed E-state index contributed by atoms with van der Waals surface area (Å²) in [5.74, 6) is 2.47. The lowest BCUT2D eigenvalue weighted by molar-refractivity contribution is -0.383. The van der Waals surface area contributed by atoms with Crippen molar-refractivity contribution in [2.24, 2.45) is 56.7 Å². The molecule has 0 amide bonds. The summed E-state index contributed by atoms with van der Waals surface area (Å²) in [7, 11) is 0. The van der Waals surface area contributed by atoms with Gasteiger partial charge in [0.2, 0.25) is 0 Å². The van der Waals surface area contributed by atoms with Crippen molar-refractivity contribution in [3.8, 4) is 0 Å². The third-order valence-corrected chi connectivity index (χ3v) is 17.6. The summed E-state index contributed by atoms with van der Waals surface area (Å²) >= 11 is 0. The summed E-state index contributed by atoms with van der Waals surface area (Å²) < 4.78 is 24.2. The first-order valence-electron chi connectivity index (χ1n) is 20.8. The van der Waals surface area contributed by atoms with Gasteiger partial charge < -0.3 is 59.8 Å². The molecule has 0 bridgehead atoms. The summed E-state index contributed by atoms with van der Waals surface area (Å²) in [6.45, 7) is 19.8. The van der Waals surface area contributed by atoms with Gasteiger partial charge in [-0.3, -0.25) is 0 Å². The molecule has 2 aliphatic heterocycles. The first-order chi connectivity index (χ1) is 25.2. The largest absolute Gasteiger partial charge is 0.394 e. The maximum Gasteiger partial charge on any atom is 0.187 e. The lowest BCUT2D eigenvalue weighted by atomic mass is 9.32. The molecule has 0 spiro atoms. The molecule has 7 aliphatic rings. The maximum absolute atomic E-state index is 12.2. The number of hydrogen-bond donors (Lipinski definition) is 8. The highest BCUT2D eigenvalue weighted by Gasteiger charge is 2.71. The Kier molecular flexibility index (Phi) is 10.9. The molecule has 21 unspecified atom stereocenters. The Hall–Kier alpha value is -0.740. The monoisotopic (exact) mass is 766 g/mol. The number of rotatable bonds is 7. The molecular formula is C42H70O12. The van der Waals surface area contributed by atoms with Gasteiger partial charge in [0.15, 0.2) is 12.6 Å². The molecule has 21 atom stereocenters.